The summed E-state index contributed by atoms with van der Waals surface area (Å²) in [6, 6.07) is 11.9. The van der Waals surface area contributed by atoms with Crippen LogP contribution in [0.2, 0.25) is 0 Å². The number of halogens is 1. The Morgan fingerprint density at radius 3 is 2.62 bits per heavy atom. The highest BCUT2D eigenvalue weighted by Crippen LogP contribution is 2.32. The highest BCUT2D eigenvalue weighted by atomic mass is 32.2. The molecule has 4 rings (SSSR count). The van der Waals surface area contributed by atoms with Crippen LogP contribution in [0.15, 0.2) is 47.4 Å². The molecule has 1 aliphatic rings. The van der Waals surface area contributed by atoms with Gasteiger partial charge in [0, 0.05) is 41.8 Å². The van der Waals surface area contributed by atoms with Gasteiger partial charge in [-0.25, -0.2) is 13.4 Å². The third kappa shape index (κ3) is 4.58. The van der Waals surface area contributed by atoms with Crippen molar-refractivity contribution >= 4 is 15.5 Å². The number of nitrogens with zero attached hydrogens (tertiary/aromatic N) is 3. The average Bonchev–Trinajstić information content (AvgIpc) is 2.73. The van der Waals surface area contributed by atoms with Gasteiger partial charge in [-0.05, 0) is 48.0 Å². The summed E-state index contributed by atoms with van der Waals surface area (Å²) >= 11 is 0. The van der Waals surface area contributed by atoms with E-state index >= 15 is 0 Å². The number of anilines is 1. The molecule has 168 valence electrons. The molecule has 0 saturated heterocycles. The molecule has 9 heteroatoms. The molecule has 7 nitrogen and oxygen atoms in total. The van der Waals surface area contributed by atoms with Gasteiger partial charge < -0.3 is 10.5 Å². The van der Waals surface area contributed by atoms with Crippen LogP contribution in [-0.2, 0) is 22.8 Å². The Hall–Kier alpha value is -3.04. The average molecular weight is 456 g/mol. The van der Waals surface area contributed by atoms with Crippen LogP contribution in [0.4, 0.5) is 10.2 Å². The second-order valence-electron chi connectivity index (χ2n) is 8.37. The van der Waals surface area contributed by atoms with E-state index < -0.39 is 9.73 Å². The van der Waals surface area contributed by atoms with Gasteiger partial charge in [-0.1, -0.05) is 19.1 Å². The maximum Gasteiger partial charge on any atom is 0.188 e. The monoisotopic (exact) mass is 455 g/mol. The van der Waals surface area contributed by atoms with Crippen LogP contribution in [0.1, 0.15) is 29.5 Å². The fraction of sp³-hybridized carbons (Fsp3) is 0.304. The number of nitrogens with two attached hydrogens (primary N) is 1. The van der Waals surface area contributed by atoms with Gasteiger partial charge in [0.05, 0.1) is 22.0 Å². The van der Waals surface area contributed by atoms with Gasteiger partial charge in [-0.3, -0.25) is 4.90 Å². The lowest BCUT2D eigenvalue weighted by molar-refractivity contribution is 0.291. The van der Waals surface area contributed by atoms with E-state index in [0.717, 1.165) is 22.3 Å². The molecule has 1 unspecified atom stereocenters. The molecule has 0 radical (unpaired) electrons. The third-order valence-electron chi connectivity index (χ3n) is 5.60. The minimum atomic E-state index is -2.91. The van der Waals surface area contributed by atoms with E-state index in [1.165, 1.54) is 12.3 Å². The van der Waals surface area contributed by atoms with Crippen LogP contribution in [-0.4, -0.2) is 39.2 Å². The number of ether oxygens (including phenoxy) is 1. The van der Waals surface area contributed by atoms with E-state index in [1.54, 1.807) is 24.3 Å². The Morgan fingerprint density at radius 2 is 1.88 bits per heavy atom. The van der Waals surface area contributed by atoms with Gasteiger partial charge in [0.25, 0.3) is 0 Å². The summed E-state index contributed by atoms with van der Waals surface area (Å²) in [7, 11) is -0.927. The molecule has 32 heavy (non-hydrogen) atoms. The van der Waals surface area contributed by atoms with Crippen LogP contribution in [0.25, 0.3) is 11.3 Å². The first-order valence-corrected chi connectivity index (χ1v) is 12.2. The number of nitrogen functional groups attached to an aromatic ring is 1. The number of hydrogen-bond donors (Lipinski definition) is 2. The van der Waals surface area contributed by atoms with Crippen molar-refractivity contribution in [2.45, 2.75) is 30.8 Å². The molecular formula is C23H26FN5O2S. The van der Waals surface area contributed by atoms with Gasteiger partial charge in [0.2, 0.25) is 0 Å². The second-order valence-corrected chi connectivity index (χ2v) is 10.5. The van der Waals surface area contributed by atoms with Crippen LogP contribution < -0.4 is 10.5 Å². The summed E-state index contributed by atoms with van der Waals surface area (Å²) in [4.78, 5) is 2.54. The lowest BCUT2D eigenvalue weighted by Gasteiger charge is -2.22. The molecule has 1 aromatic heterocycles. The maximum atomic E-state index is 14.0. The van der Waals surface area contributed by atoms with Gasteiger partial charge in [-0.2, -0.15) is 0 Å². The summed E-state index contributed by atoms with van der Waals surface area (Å²) in [5.74, 6) is 0.177. The zero-order chi connectivity index (χ0) is 23.0. The van der Waals surface area contributed by atoms with E-state index in [4.69, 9.17) is 15.3 Å². The summed E-state index contributed by atoms with van der Waals surface area (Å²) in [6.07, 6.45) is 1.39. The molecule has 0 aliphatic carbocycles. The first kappa shape index (κ1) is 22.2. The van der Waals surface area contributed by atoms with Crippen LogP contribution in [0.5, 0.6) is 5.75 Å². The van der Waals surface area contributed by atoms with Crippen molar-refractivity contribution in [1.29, 1.82) is 4.78 Å². The van der Waals surface area contributed by atoms with Gasteiger partial charge >= 0.3 is 0 Å². The van der Waals surface area contributed by atoms with Crippen molar-refractivity contribution in [3.8, 4) is 17.0 Å². The zero-order valence-electron chi connectivity index (χ0n) is 18.3. The number of hydrogen-bond acceptors (Lipinski definition) is 7. The zero-order valence-corrected chi connectivity index (χ0v) is 19.1. The SMILES string of the molecule is C[C@H]1COc2cc(nnc2N)-c2cc(S(C)(=N)=O)ccc2CN(C)Cc2ccc(F)cc21. The van der Waals surface area contributed by atoms with E-state index in [-0.39, 0.29) is 24.2 Å². The maximum absolute atomic E-state index is 14.0. The van der Waals surface area contributed by atoms with Crippen molar-refractivity contribution in [3.05, 3.63) is 65.0 Å². The van der Waals surface area contributed by atoms with E-state index in [9.17, 15) is 8.60 Å². The Morgan fingerprint density at radius 1 is 1.16 bits per heavy atom. The smallest absolute Gasteiger partial charge is 0.188 e. The van der Waals surface area contributed by atoms with E-state index in [0.29, 0.717) is 29.4 Å². The summed E-state index contributed by atoms with van der Waals surface area (Å²) in [5, 5.41) is 8.30. The molecule has 0 saturated carbocycles. The molecule has 2 bridgehead atoms. The summed E-state index contributed by atoms with van der Waals surface area (Å²) < 4.78 is 40.4. The topological polar surface area (TPSA) is 105 Å². The Bertz CT molecular complexity index is 1280. The first-order chi connectivity index (χ1) is 15.1. The predicted molar refractivity (Wildman–Crippen MR) is 122 cm³/mol. The highest BCUT2D eigenvalue weighted by molar-refractivity contribution is 7.91. The standard InChI is InChI=1S/C23H26FN5O2S/c1-14-13-31-22-10-21(27-28-23(22)25)20-9-18(32(3,26)30)7-5-16(20)12-29(2)11-15-4-6-17(24)8-19(14)15/h4-10,14,26H,11-13H2,1-3H3,(H2,25,28)/t14-,32?/m0/s1. The first-order valence-electron chi connectivity index (χ1n) is 10.2. The minimum Gasteiger partial charge on any atom is -0.489 e. The number of aromatic nitrogens is 2. The quantitative estimate of drug-likeness (QED) is 0.574. The molecule has 2 heterocycles. The molecule has 0 fully saturated rings. The fourth-order valence-electron chi connectivity index (χ4n) is 3.92. The highest BCUT2D eigenvalue weighted by Gasteiger charge is 2.20. The number of fused-ring (bicyclic) bond motifs is 5. The Labute approximate surface area is 187 Å². The predicted octanol–water partition coefficient (Wildman–Crippen LogP) is 4.03. The van der Waals surface area contributed by atoms with Gasteiger partial charge in [0.1, 0.15) is 5.82 Å². The molecule has 3 aromatic rings. The van der Waals surface area contributed by atoms with Crippen molar-refractivity contribution in [2.24, 2.45) is 0 Å². The lowest BCUT2D eigenvalue weighted by atomic mass is 9.95. The van der Waals surface area contributed by atoms with Gasteiger partial charge in [-0.15, -0.1) is 10.2 Å². The molecule has 1 aliphatic heterocycles. The number of benzene rings is 2. The molecule has 0 amide bonds. The van der Waals surface area contributed by atoms with E-state index in [2.05, 4.69) is 15.1 Å². The Kier molecular flexibility index (Phi) is 5.87. The van der Waals surface area contributed by atoms with Crippen molar-refractivity contribution < 1.29 is 13.3 Å². The van der Waals surface area contributed by atoms with E-state index in [1.807, 2.05) is 26.1 Å². The molecule has 2 aromatic carbocycles. The fourth-order valence-corrected chi connectivity index (χ4v) is 4.59. The lowest BCUT2D eigenvalue weighted by Crippen LogP contribution is -2.20. The van der Waals surface area contributed by atoms with Crippen molar-refractivity contribution in [2.75, 3.05) is 25.6 Å². The minimum absolute atomic E-state index is 0.0760. The second kappa shape index (κ2) is 8.48. The molecule has 0 spiro atoms. The largest absolute Gasteiger partial charge is 0.489 e. The summed E-state index contributed by atoms with van der Waals surface area (Å²) in [6.45, 7) is 3.44. The summed E-state index contributed by atoms with van der Waals surface area (Å²) in [5.41, 5.74) is 10.1. The van der Waals surface area contributed by atoms with Crippen molar-refractivity contribution in [3.63, 3.8) is 0 Å². The Balaban J connectivity index is 1.88. The molecule has 3 N–H and O–H groups in total. The van der Waals surface area contributed by atoms with Crippen molar-refractivity contribution in [1.82, 2.24) is 15.1 Å². The molecule has 2 atom stereocenters. The third-order valence-corrected chi connectivity index (χ3v) is 6.75. The molecular weight excluding hydrogens is 429 g/mol. The number of nitrogens with one attached hydrogen (secondary N) is 1. The normalized spacial score (nSPS) is 18.7. The van der Waals surface area contributed by atoms with Crippen LogP contribution in [0, 0.1) is 10.6 Å². The van der Waals surface area contributed by atoms with Crippen LogP contribution in [0.3, 0.4) is 0 Å². The number of rotatable bonds is 1. The van der Waals surface area contributed by atoms with Gasteiger partial charge in [0.15, 0.2) is 11.6 Å². The van der Waals surface area contributed by atoms with Crippen LogP contribution >= 0.6 is 0 Å².